The summed E-state index contributed by atoms with van der Waals surface area (Å²) in [5, 5.41) is 18.8. The molecule has 4 heterocycles. The molecule has 0 aliphatic carbocycles. The largest absolute Gasteiger partial charge is 0.508 e. The van der Waals surface area contributed by atoms with Crippen LogP contribution < -0.4 is 10.2 Å². The number of ether oxygens (including phenoxy) is 2. The van der Waals surface area contributed by atoms with E-state index in [4.69, 9.17) is 19.3 Å². The van der Waals surface area contributed by atoms with E-state index >= 15 is 0 Å². The summed E-state index contributed by atoms with van der Waals surface area (Å²) < 4.78 is 18.9. The molecule has 2 aromatic heterocycles. The van der Waals surface area contributed by atoms with Gasteiger partial charge in [-0.2, -0.15) is 0 Å². The molecular formula is C22H24N4O4. The molecule has 1 fully saturated rings. The zero-order chi connectivity index (χ0) is 20.5. The van der Waals surface area contributed by atoms with Crippen LogP contribution in [-0.4, -0.2) is 52.4 Å². The molecule has 8 nitrogen and oxygen atoms in total. The third-order valence-corrected chi connectivity index (χ3v) is 5.70. The molecule has 2 aliphatic rings. The molecule has 3 aromatic rings. The van der Waals surface area contributed by atoms with Crippen molar-refractivity contribution >= 4 is 0 Å². The lowest BCUT2D eigenvalue weighted by molar-refractivity contribution is 0.0369. The van der Waals surface area contributed by atoms with Gasteiger partial charge in [-0.1, -0.05) is 6.07 Å². The summed E-state index contributed by atoms with van der Waals surface area (Å²) in [6.45, 7) is 5.15. The van der Waals surface area contributed by atoms with Crippen LogP contribution in [0.2, 0.25) is 0 Å². The molecule has 0 bridgehead atoms. The lowest BCUT2D eigenvalue weighted by atomic mass is 9.87. The van der Waals surface area contributed by atoms with Crippen molar-refractivity contribution in [3.05, 3.63) is 65.3 Å². The van der Waals surface area contributed by atoms with Crippen LogP contribution in [0.15, 0.2) is 47.3 Å². The number of rotatable bonds is 5. The highest BCUT2D eigenvalue weighted by Gasteiger charge is 2.33. The van der Waals surface area contributed by atoms with Crippen LogP contribution in [0.5, 0.6) is 17.4 Å². The van der Waals surface area contributed by atoms with Gasteiger partial charge in [0.2, 0.25) is 5.88 Å². The first-order valence-electron chi connectivity index (χ1n) is 10.2. The fourth-order valence-electron chi connectivity index (χ4n) is 4.17. The van der Waals surface area contributed by atoms with Crippen LogP contribution in [0.1, 0.15) is 29.2 Å². The van der Waals surface area contributed by atoms with Crippen LogP contribution in [0, 0.1) is 5.41 Å². The van der Waals surface area contributed by atoms with Crippen molar-refractivity contribution in [3.8, 4) is 17.4 Å². The number of nitrogens with zero attached hydrogens (tertiary/aromatic N) is 3. The van der Waals surface area contributed by atoms with E-state index in [0.29, 0.717) is 35.0 Å². The van der Waals surface area contributed by atoms with Crippen LogP contribution >= 0.6 is 0 Å². The second-order valence-corrected chi connectivity index (χ2v) is 7.59. The fraction of sp³-hybridized carbons (Fsp3) is 0.364. The van der Waals surface area contributed by atoms with Crippen molar-refractivity contribution in [3.63, 3.8) is 0 Å². The minimum absolute atomic E-state index is 0.121. The molecule has 156 valence electrons. The number of furan rings is 1. The molecule has 1 aromatic carbocycles. The van der Waals surface area contributed by atoms with Crippen LogP contribution in [-0.2, 0) is 11.3 Å². The smallest absolute Gasteiger partial charge is 0.228 e. The number of phenolic OH excluding ortho intramolecular Hbond substituents is 1. The predicted octanol–water partition coefficient (Wildman–Crippen LogP) is 2.67. The van der Waals surface area contributed by atoms with E-state index in [1.54, 1.807) is 24.7 Å². The molecule has 0 unspecified atom stereocenters. The maximum absolute atomic E-state index is 9.88. The van der Waals surface area contributed by atoms with Gasteiger partial charge in [-0.25, -0.2) is 4.98 Å². The Morgan fingerprint density at radius 2 is 2.03 bits per heavy atom. The van der Waals surface area contributed by atoms with Crippen LogP contribution in [0.3, 0.4) is 0 Å². The van der Waals surface area contributed by atoms with Gasteiger partial charge in [-0.3, -0.25) is 10.3 Å². The number of aryl methyl sites for hydroxylation is 1. The first-order chi connectivity index (χ1) is 14.7. The van der Waals surface area contributed by atoms with E-state index in [1.807, 2.05) is 22.8 Å². The van der Waals surface area contributed by atoms with E-state index in [9.17, 15) is 5.11 Å². The molecule has 30 heavy (non-hydrogen) atoms. The van der Waals surface area contributed by atoms with E-state index in [1.165, 1.54) is 0 Å². The molecule has 0 saturated carbocycles. The van der Waals surface area contributed by atoms with Crippen molar-refractivity contribution in [1.82, 2.24) is 14.5 Å². The fourth-order valence-corrected chi connectivity index (χ4v) is 4.17. The Morgan fingerprint density at radius 1 is 1.17 bits per heavy atom. The summed E-state index contributed by atoms with van der Waals surface area (Å²) in [7, 11) is 0. The number of hydrogen-bond acceptors (Lipinski definition) is 7. The van der Waals surface area contributed by atoms with Crippen LogP contribution in [0.4, 0.5) is 0 Å². The van der Waals surface area contributed by atoms with Gasteiger partial charge in [0.15, 0.2) is 0 Å². The van der Waals surface area contributed by atoms with E-state index in [0.717, 1.165) is 44.8 Å². The predicted molar refractivity (Wildman–Crippen MR) is 108 cm³/mol. The molecule has 2 N–H and O–H groups in total. The lowest BCUT2D eigenvalue weighted by Crippen LogP contribution is -2.37. The molecule has 5 rings (SSSR count). The van der Waals surface area contributed by atoms with Crippen LogP contribution in [0.25, 0.3) is 0 Å². The summed E-state index contributed by atoms with van der Waals surface area (Å²) in [6.07, 6.45) is 4.21. The second kappa shape index (κ2) is 7.97. The van der Waals surface area contributed by atoms with E-state index < -0.39 is 0 Å². The first-order valence-corrected chi connectivity index (χ1v) is 10.2. The van der Waals surface area contributed by atoms with Crippen molar-refractivity contribution in [2.45, 2.75) is 18.9 Å². The monoisotopic (exact) mass is 408 g/mol. The Balaban J connectivity index is 1.47. The van der Waals surface area contributed by atoms with Gasteiger partial charge < -0.3 is 23.6 Å². The summed E-state index contributed by atoms with van der Waals surface area (Å²) >= 11 is 0. The van der Waals surface area contributed by atoms with Gasteiger partial charge in [-0.15, -0.1) is 0 Å². The zero-order valence-corrected chi connectivity index (χ0v) is 16.6. The number of morpholine rings is 1. The van der Waals surface area contributed by atoms with Crippen molar-refractivity contribution in [2.75, 3.05) is 32.8 Å². The number of benzene rings is 1. The summed E-state index contributed by atoms with van der Waals surface area (Å²) in [4.78, 5) is 6.88. The van der Waals surface area contributed by atoms with Crippen molar-refractivity contribution < 1.29 is 19.0 Å². The highest BCUT2D eigenvalue weighted by Crippen LogP contribution is 2.45. The van der Waals surface area contributed by atoms with E-state index in [-0.39, 0.29) is 11.7 Å². The average molecular weight is 408 g/mol. The Labute approximate surface area is 173 Å². The standard InChI is InChI=1S/C22H24N4O4/c23-21-20-19(17-3-1-10-29-17)16-5-4-15(27)13-18(16)30-22(20)24-14-26(21)7-2-6-25-8-11-28-12-9-25/h1,3-5,10,13-14,19,23,27H,2,6-9,11-12H2/t19-/m0/s1. The van der Waals surface area contributed by atoms with Crippen molar-refractivity contribution in [2.24, 2.45) is 0 Å². The molecule has 2 aliphatic heterocycles. The Hall–Kier alpha value is -3.10. The highest BCUT2D eigenvalue weighted by molar-refractivity contribution is 5.55. The molecule has 0 amide bonds. The van der Waals surface area contributed by atoms with Gasteiger partial charge >= 0.3 is 0 Å². The number of fused-ring (bicyclic) bond motifs is 2. The SMILES string of the molecule is N=c1c2c(ncn1CCCN1CCOCC1)Oc1cc(O)ccc1[C@H]2c1ccco1. The maximum atomic E-state index is 9.88. The van der Waals surface area contributed by atoms with Gasteiger partial charge in [0.25, 0.3) is 0 Å². The van der Waals surface area contributed by atoms with E-state index in [2.05, 4.69) is 9.88 Å². The third-order valence-electron chi connectivity index (χ3n) is 5.70. The quantitative estimate of drug-likeness (QED) is 0.527. The Kier molecular flexibility index (Phi) is 5.02. The number of aromatic hydroxyl groups is 1. The minimum atomic E-state index is -0.314. The van der Waals surface area contributed by atoms with Gasteiger partial charge in [0.1, 0.15) is 29.1 Å². The first kappa shape index (κ1) is 18.9. The molecular weight excluding hydrogens is 384 g/mol. The van der Waals surface area contributed by atoms with Gasteiger partial charge in [0, 0.05) is 37.8 Å². The minimum Gasteiger partial charge on any atom is -0.508 e. The Bertz CT molecular complexity index is 1090. The zero-order valence-electron chi connectivity index (χ0n) is 16.6. The molecule has 1 saturated heterocycles. The number of aromatic nitrogens is 2. The third kappa shape index (κ3) is 3.48. The molecule has 0 radical (unpaired) electrons. The summed E-state index contributed by atoms with van der Waals surface area (Å²) in [6, 6.07) is 8.74. The molecule has 0 spiro atoms. The number of phenols is 1. The normalized spacial score (nSPS) is 18.5. The van der Waals surface area contributed by atoms with Gasteiger partial charge in [0.05, 0.1) is 31.0 Å². The molecule has 8 heteroatoms. The lowest BCUT2D eigenvalue weighted by Gasteiger charge is -2.28. The average Bonchev–Trinajstić information content (AvgIpc) is 3.29. The van der Waals surface area contributed by atoms with Crippen molar-refractivity contribution in [1.29, 1.82) is 5.41 Å². The summed E-state index contributed by atoms with van der Waals surface area (Å²) in [5.41, 5.74) is 1.88. The number of hydrogen-bond donors (Lipinski definition) is 2. The van der Waals surface area contributed by atoms with Gasteiger partial charge in [-0.05, 0) is 24.6 Å². The molecule has 1 atom stereocenters. The highest BCUT2D eigenvalue weighted by atomic mass is 16.5. The number of nitrogens with one attached hydrogen (secondary N) is 1. The second-order valence-electron chi connectivity index (χ2n) is 7.59. The Morgan fingerprint density at radius 3 is 2.83 bits per heavy atom. The maximum Gasteiger partial charge on any atom is 0.228 e. The summed E-state index contributed by atoms with van der Waals surface area (Å²) in [5.74, 6) is 1.43. The topological polar surface area (TPSA) is 96.7 Å².